The van der Waals surface area contributed by atoms with Crippen molar-refractivity contribution in [3.05, 3.63) is 66.0 Å². The Labute approximate surface area is 166 Å². The van der Waals surface area contributed by atoms with Crippen molar-refractivity contribution >= 4 is 11.6 Å². The molecule has 0 aliphatic heterocycles. The monoisotopic (exact) mass is 386 g/mol. The zero-order valence-electron chi connectivity index (χ0n) is 15.7. The van der Waals surface area contributed by atoms with Crippen LogP contribution in [0.1, 0.15) is 35.1 Å². The predicted molar refractivity (Wildman–Crippen MR) is 106 cm³/mol. The number of benzene rings is 2. The number of rotatable bonds is 5. The van der Waals surface area contributed by atoms with E-state index in [1.54, 1.807) is 6.92 Å². The molecule has 144 valence electrons. The number of hydrogen-bond donors (Lipinski definition) is 1. The van der Waals surface area contributed by atoms with Gasteiger partial charge in [-0.15, -0.1) is 10.2 Å². The second-order valence-electron chi connectivity index (χ2n) is 6.97. The second-order valence-corrected chi connectivity index (χ2v) is 6.97. The zero-order chi connectivity index (χ0) is 19.8. The molecule has 5 rings (SSSR count). The Hall–Kier alpha value is -3.88. The molecule has 0 spiro atoms. The average Bonchev–Trinajstić information content (AvgIpc) is 3.33. The molecular weight excluding hydrogens is 368 g/mol. The molecule has 1 aliphatic carbocycles. The first-order chi connectivity index (χ1) is 14.2. The molecule has 9 heteroatoms. The van der Waals surface area contributed by atoms with E-state index >= 15 is 0 Å². The van der Waals surface area contributed by atoms with Crippen molar-refractivity contribution in [2.24, 2.45) is 0 Å². The number of nitrogens with zero attached hydrogens (tertiary/aromatic N) is 7. The molecule has 0 unspecified atom stereocenters. The molecule has 2 aromatic carbocycles. The summed E-state index contributed by atoms with van der Waals surface area (Å²) in [6.07, 6.45) is 2.18. The molecule has 1 amide bonds. The number of aryl methyl sites for hydroxylation is 1. The van der Waals surface area contributed by atoms with Crippen molar-refractivity contribution in [1.29, 1.82) is 0 Å². The van der Waals surface area contributed by atoms with Gasteiger partial charge in [-0.3, -0.25) is 4.79 Å². The molecule has 1 saturated carbocycles. The molecule has 1 N–H and O–H groups in total. The fraction of sp³-hybridized carbons (Fsp3) is 0.200. The van der Waals surface area contributed by atoms with Crippen LogP contribution in [0.15, 0.2) is 54.6 Å². The maximum Gasteiger partial charge on any atom is 0.278 e. The number of tetrazole rings is 1. The highest BCUT2D eigenvalue weighted by Crippen LogP contribution is 2.36. The number of aromatic nitrogens is 7. The van der Waals surface area contributed by atoms with Crippen LogP contribution in [0.25, 0.3) is 17.1 Å². The Bertz CT molecular complexity index is 1180. The topological polar surface area (TPSA) is 103 Å². The molecule has 1 fully saturated rings. The fourth-order valence-electron chi connectivity index (χ4n) is 3.14. The van der Waals surface area contributed by atoms with E-state index in [-0.39, 0.29) is 11.6 Å². The van der Waals surface area contributed by atoms with E-state index in [1.165, 1.54) is 4.80 Å². The SMILES string of the molecule is Cc1nn(-c2ccccc2)nc1C(=O)Nc1cccc(-c2nnnn2C2CC2)c1. The lowest BCUT2D eigenvalue weighted by Gasteiger charge is -2.07. The van der Waals surface area contributed by atoms with E-state index < -0.39 is 0 Å². The Kier molecular flexibility index (Phi) is 4.12. The molecule has 0 bridgehead atoms. The minimum atomic E-state index is -0.316. The minimum Gasteiger partial charge on any atom is -0.321 e. The van der Waals surface area contributed by atoms with Gasteiger partial charge in [0, 0.05) is 11.3 Å². The third-order valence-corrected chi connectivity index (χ3v) is 4.75. The summed E-state index contributed by atoms with van der Waals surface area (Å²) in [4.78, 5) is 14.3. The standard InChI is InChI=1S/C20H18N8O/c1-13-18(24-28(23-13)17-8-3-2-4-9-17)20(29)21-15-7-5-6-14(12-15)19-22-25-26-27(19)16-10-11-16/h2-9,12,16H,10-11H2,1H3,(H,21,29). The van der Waals surface area contributed by atoms with Crippen LogP contribution in [0.4, 0.5) is 5.69 Å². The van der Waals surface area contributed by atoms with E-state index in [9.17, 15) is 4.79 Å². The third kappa shape index (κ3) is 3.38. The first-order valence-corrected chi connectivity index (χ1v) is 9.38. The Balaban J connectivity index is 1.39. The van der Waals surface area contributed by atoms with E-state index in [0.29, 0.717) is 23.2 Å². The maximum atomic E-state index is 12.8. The van der Waals surface area contributed by atoms with E-state index in [1.807, 2.05) is 59.3 Å². The van der Waals surface area contributed by atoms with Crippen LogP contribution in [0.5, 0.6) is 0 Å². The Morgan fingerprint density at radius 1 is 1.07 bits per heavy atom. The highest BCUT2D eigenvalue weighted by molar-refractivity contribution is 6.03. The molecule has 4 aromatic rings. The summed E-state index contributed by atoms with van der Waals surface area (Å²) in [6.45, 7) is 1.77. The number of hydrogen-bond acceptors (Lipinski definition) is 6. The Morgan fingerprint density at radius 2 is 1.90 bits per heavy atom. The van der Waals surface area contributed by atoms with E-state index in [4.69, 9.17) is 0 Å². The van der Waals surface area contributed by atoms with E-state index in [0.717, 1.165) is 24.1 Å². The van der Waals surface area contributed by atoms with Gasteiger partial charge in [0.25, 0.3) is 5.91 Å². The fourth-order valence-corrected chi connectivity index (χ4v) is 3.14. The number of para-hydroxylation sites is 1. The van der Waals surface area contributed by atoms with Crippen LogP contribution in [0.3, 0.4) is 0 Å². The highest BCUT2D eigenvalue weighted by atomic mass is 16.2. The van der Waals surface area contributed by atoms with Gasteiger partial charge in [0.15, 0.2) is 11.5 Å². The second kappa shape index (κ2) is 6.93. The van der Waals surface area contributed by atoms with Gasteiger partial charge in [-0.1, -0.05) is 30.3 Å². The third-order valence-electron chi connectivity index (χ3n) is 4.75. The van der Waals surface area contributed by atoms with Gasteiger partial charge >= 0.3 is 0 Å². The number of nitrogens with one attached hydrogen (secondary N) is 1. The summed E-state index contributed by atoms with van der Waals surface area (Å²) in [5.74, 6) is 0.387. The van der Waals surface area contributed by atoms with Gasteiger partial charge in [0.05, 0.1) is 17.4 Å². The largest absolute Gasteiger partial charge is 0.321 e. The van der Waals surface area contributed by atoms with Gasteiger partial charge in [0.1, 0.15) is 0 Å². The van der Waals surface area contributed by atoms with Crippen LogP contribution >= 0.6 is 0 Å². The van der Waals surface area contributed by atoms with Crippen molar-refractivity contribution in [2.75, 3.05) is 5.32 Å². The lowest BCUT2D eigenvalue weighted by Crippen LogP contribution is -2.14. The van der Waals surface area contributed by atoms with Crippen molar-refractivity contribution in [2.45, 2.75) is 25.8 Å². The molecule has 0 saturated heterocycles. The lowest BCUT2D eigenvalue weighted by molar-refractivity contribution is 0.102. The van der Waals surface area contributed by atoms with Crippen molar-refractivity contribution in [1.82, 2.24) is 35.2 Å². The summed E-state index contributed by atoms with van der Waals surface area (Å²) >= 11 is 0. The number of carbonyl (C=O) groups is 1. The maximum absolute atomic E-state index is 12.8. The Morgan fingerprint density at radius 3 is 2.69 bits per heavy atom. The molecule has 2 heterocycles. The first kappa shape index (κ1) is 17.2. The predicted octanol–water partition coefficient (Wildman–Crippen LogP) is 2.82. The van der Waals surface area contributed by atoms with Crippen molar-refractivity contribution in [3.63, 3.8) is 0 Å². The molecule has 0 atom stereocenters. The molecular formula is C20H18N8O. The summed E-state index contributed by atoms with van der Waals surface area (Å²) in [7, 11) is 0. The minimum absolute atomic E-state index is 0.280. The summed E-state index contributed by atoms with van der Waals surface area (Å²) < 4.78 is 1.84. The number of carbonyl (C=O) groups excluding carboxylic acids is 1. The summed E-state index contributed by atoms with van der Waals surface area (Å²) in [6, 6.07) is 17.3. The summed E-state index contributed by atoms with van der Waals surface area (Å²) in [5, 5.41) is 23.6. The van der Waals surface area contributed by atoms with E-state index in [2.05, 4.69) is 31.0 Å². The quantitative estimate of drug-likeness (QED) is 0.566. The van der Waals surface area contributed by atoms with Crippen molar-refractivity contribution < 1.29 is 4.79 Å². The zero-order valence-corrected chi connectivity index (χ0v) is 15.7. The highest BCUT2D eigenvalue weighted by Gasteiger charge is 2.28. The van der Waals surface area contributed by atoms with Crippen molar-refractivity contribution in [3.8, 4) is 17.1 Å². The molecule has 29 heavy (non-hydrogen) atoms. The molecule has 1 aliphatic rings. The lowest BCUT2D eigenvalue weighted by atomic mass is 10.2. The van der Waals surface area contributed by atoms with Crippen LogP contribution in [0, 0.1) is 6.92 Å². The normalized spacial score (nSPS) is 13.4. The number of amides is 1. The molecule has 9 nitrogen and oxygen atoms in total. The smallest absolute Gasteiger partial charge is 0.278 e. The van der Waals surface area contributed by atoms with Gasteiger partial charge < -0.3 is 5.32 Å². The summed E-state index contributed by atoms with van der Waals surface area (Å²) in [5.41, 5.74) is 3.13. The average molecular weight is 386 g/mol. The van der Waals surface area contributed by atoms with Crippen LogP contribution < -0.4 is 5.32 Å². The van der Waals surface area contributed by atoms with Crippen LogP contribution in [-0.2, 0) is 0 Å². The van der Waals surface area contributed by atoms with Crippen LogP contribution in [0.2, 0.25) is 0 Å². The van der Waals surface area contributed by atoms with Crippen LogP contribution in [-0.4, -0.2) is 41.1 Å². The van der Waals surface area contributed by atoms with Gasteiger partial charge in [-0.05, 0) is 54.5 Å². The van der Waals surface area contributed by atoms with Gasteiger partial charge in [0.2, 0.25) is 0 Å². The van der Waals surface area contributed by atoms with Gasteiger partial charge in [-0.2, -0.15) is 9.90 Å². The number of anilines is 1. The first-order valence-electron chi connectivity index (χ1n) is 9.38. The molecule has 0 radical (unpaired) electrons. The van der Waals surface area contributed by atoms with Gasteiger partial charge in [-0.25, -0.2) is 4.68 Å². The molecule has 2 aromatic heterocycles.